The summed E-state index contributed by atoms with van der Waals surface area (Å²) in [5.41, 5.74) is 2.63. The van der Waals surface area contributed by atoms with E-state index in [1.165, 1.54) is 4.57 Å². The molecule has 7 heteroatoms. The number of benzene rings is 1. The highest BCUT2D eigenvalue weighted by atomic mass is 16.2. The second-order valence-corrected chi connectivity index (χ2v) is 7.92. The van der Waals surface area contributed by atoms with Crippen molar-refractivity contribution >= 4 is 16.8 Å². The van der Waals surface area contributed by atoms with E-state index < -0.39 is 0 Å². The van der Waals surface area contributed by atoms with Crippen LogP contribution in [0.15, 0.2) is 47.5 Å². The van der Waals surface area contributed by atoms with Gasteiger partial charge in [0.05, 0.1) is 17.2 Å². The minimum atomic E-state index is -0.139. The van der Waals surface area contributed by atoms with Crippen molar-refractivity contribution in [2.75, 3.05) is 20.1 Å². The Labute approximate surface area is 175 Å². The third kappa shape index (κ3) is 3.62. The van der Waals surface area contributed by atoms with Crippen LogP contribution in [0, 0.1) is 11.3 Å². The van der Waals surface area contributed by atoms with Gasteiger partial charge in [-0.2, -0.15) is 5.26 Å². The number of hydrogen-bond acceptors (Lipinski definition) is 4. The zero-order valence-electron chi connectivity index (χ0n) is 17.3. The van der Waals surface area contributed by atoms with Crippen molar-refractivity contribution in [3.63, 3.8) is 0 Å². The maximum Gasteiger partial charge on any atom is 0.274 e. The zero-order chi connectivity index (χ0) is 21.3. The maximum absolute atomic E-state index is 13.2. The Bertz CT molecular complexity index is 1180. The molecule has 154 valence electrons. The molecule has 0 aliphatic carbocycles. The van der Waals surface area contributed by atoms with Crippen molar-refractivity contribution in [1.29, 1.82) is 5.26 Å². The highest BCUT2D eigenvalue weighted by Gasteiger charge is 2.27. The molecule has 7 nitrogen and oxygen atoms in total. The van der Waals surface area contributed by atoms with Crippen LogP contribution in [0.2, 0.25) is 0 Å². The molecule has 0 saturated carbocycles. The second kappa shape index (κ2) is 8.17. The average molecular weight is 403 g/mol. The summed E-state index contributed by atoms with van der Waals surface area (Å²) >= 11 is 0. The molecule has 30 heavy (non-hydrogen) atoms. The van der Waals surface area contributed by atoms with Crippen molar-refractivity contribution < 1.29 is 4.79 Å². The van der Waals surface area contributed by atoms with Crippen LogP contribution in [0.5, 0.6) is 0 Å². The third-order valence-electron chi connectivity index (χ3n) is 6.08. The van der Waals surface area contributed by atoms with Crippen molar-refractivity contribution in [2.24, 2.45) is 7.05 Å². The van der Waals surface area contributed by atoms with E-state index in [-0.39, 0.29) is 17.5 Å². The van der Waals surface area contributed by atoms with E-state index in [0.717, 1.165) is 43.6 Å². The Kier molecular flexibility index (Phi) is 5.42. The van der Waals surface area contributed by atoms with Gasteiger partial charge >= 0.3 is 0 Å². The molecular weight excluding hydrogens is 378 g/mol. The van der Waals surface area contributed by atoms with Gasteiger partial charge in [0.25, 0.3) is 11.5 Å². The number of nitrogens with one attached hydrogen (secondary N) is 1. The van der Waals surface area contributed by atoms with E-state index in [1.807, 2.05) is 36.2 Å². The first-order chi connectivity index (χ1) is 14.5. The number of H-pyrrole nitrogens is 1. The zero-order valence-corrected chi connectivity index (χ0v) is 17.3. The number of amides is 1. The Hall–Kier alpha value is -3.37. The summed E-state index contributed by atoms with van der Waals surface area (Å²) in [4.78, 5) is 32.6. The first-order valence-corrected chi connectivity index (χ1v) is 10.1. The van der Waals surface area contributed by atoms with Crippen LogP contribution < -0.4 is 5.56 Å². The Morgan fingerprint density at radius 1 is 1.27 bits per heavy atom. The molecule has 0 radical (unpaired) electrons. The number of aromatic nitrogens is 2. The van der Waals surface area contributed by atoms with E-state index in [2.05, 4.69) is 16.0 Å². The van der Waals surface area contributed by atoms with Gasteiger partial charge in [-0.15, -0.1) is 0 Å². The molecule has 0 bridgehead atoms. The molecule has 1 aromatic carbocycles. The molecule has 3 aromatic rings. The first kappa shape index (κ1) is 19.9. The fraction of sp³-hybridized carbons (Fsp3) is 0.348. The van der Waals surface area contributed by atoms with Gasteiger partial charge in [0, 0.05) is 57.6 Å². The highest BCUT2D eigenvalue weighted by molar-refractivity contribution is 6.05. The molecule has 0 atom stereocenters. The van der Waals surface area contributed by atoms with Crippen LogP contribution in [-0.4, -0.2) is 51.4 Å². The molecule has 1 N–H and O–H groups in total. The lowest BCUT2D eigenvalue weighted by molar-refractivity contribution is 0.0637. The summed E-state index contributed by atoms with van der Waals surface area (Å²) in [6.45, 7) is 2.49. The van der Waals surface area contributed by atoms with Crippen molar-refractivity contribution in [3.8, 4) is 6.07 Å². The molecular formula is C23H25N5O2. The molecule has 1 aliphatic rings. The number of aryl methyl sites for hydroxylation is 1. The fourth-order valence-corrected chi connectivity index (χ4v) is 4.27. The van der Waals surface area contributed by atoms with Crippen LogP contribution >= 0.6 is 0 Å². The summed E-state index contributed by atoms with van der Waals surface area (Å²) in [5, 5.41) is 9.96. The van der Waals surface area contributed by atoms with Gasteiger partial charge < -0.3 is 14.5 Å². The van der Waals surface area contributed by atoms with Crippen LogP contribution in [-0.2, 0) is 13.6 Å². The first-order valence-electron chi connectivity index (χ1n) is 10.1. The molecule has 2 aromatic heterocycles. The Morgan fingerprint density at radius 2 is 2.00 bits per heavy atom. The van der Waals surface area contributed by atoms with Crippen LogP contribution in [0.4, 0.5) is 0 Å². The van der Waals surface area contributed by atoms with Gasteiger partial charge in [0.1, 0.15) is 5.52 Å². The number of aromatic amines is 1. The molecule has 1 aliphatic heterocycles. The third-order valence-corrected chi connectivity index (χ3v) is 6.08. The summed E-state index contributed by atoms with van der Waals surface area (Å²) in [6, 6.07) is 11.9. The molecule has 4 rings (SSSR count). The summed E-state index contributed by atoms with van der Waals surface area (Å²) in [6.07, 6.45) is 5.07. The predicted molar refractivity (Wildman–Crippen MR) is 115 cm³/mol. The van der Waals surface area contributed by atoms with Gasteiger partial charge in [-0.3, -0.25) is 14.5 Å². The summed E-state index contributed by atoms with van der Waals surface area (Å²) in [7, 11) is 3.51. The van der Waals surface area contributed by atoms with E-state index in [4.69, 9.17) is 0 Å². The standard InChI is InChI=1S/C23H25N5O2/c1-26-15-20(19-7-10-25-21(19)23(26)30)22(29)27(2)18-8-11-28(12-9-18)14-17-6-4-3-5-16(17)13-24/h3-7,10,15,18,25H,8-9,11-12,14H2,1-2H3. The number of fused-ring (bicyclic) bond motifs is 1. The lowest BCUT2D eigenvalue weighted by Gasteiger charge is -2.37. The number of rotatable bonds is 4. The van der Waals surface area contributed by atoms with Gasteiger partial charge in [-0.05, 0) is 30.5 Å². The van der Waals surface area contributed by atoms with E-state index in [0.29, 0.717) is 16.5 Å². The fourth-order valence-electron chi connectivity index (χ4n) is 4.27. The quantitative estimate of drug-likeness (QED) is 0.725. The SMILES string of the molecule is CN(C(=O)c1cn(C)c(=O)c2[nH]ccc12)C1CCN(Cc2ccccc2C#N)CC1. The molecule has 1 saturated heterocycles. The number of carbonyl (C=O) groups is 1. The smallest absolute Gasteiger partial charge is 0.274 e. The number of nitrogens with zero attached hydrogens (tertiary/aromatic N) is 4. The number of likely N-dealkylation sites (tertiary alicyclic amines) is 1. The average Bonchev–Trinajstić information content (AvgIpc) is 3.26. The molecule has 1 amide bonds. The lowest BCUT2D eigenvalue weighted by Crippen LogP contribution is -2.45. The van der Waals surface area contributed by atoms with Crippen molar-refractivity contribution in [1.82, 2.24) is 19.4 Å². The highest BCUT2D eigenvalue weighted by Crippen LogP contribution is 2.22. The van der Waals surface area contributed by atoms with Gasteiger partial charge in [0.15, 0.2) is 0 Å². The minimum absolute atomic E-state index is 0.0662. The normalized spacial score (nSPS) is 15.2. The summed E-state index contributed by atoms with van der Waals surface area (Å²) < 4.78 is 1.45. The largest absolute Gasteiger partial charge is 0.357 e. The van der Waals surface area contributed by atoms with Crippen LogP contribution in [0.1, 0.15) is 34.3 Å². The molecule has 0 spiro atoms. The predicted octanol–water partition coefficient (Wildman–Crippen LogP) is 2.47. The van der Waals surface area contributed by atoms with Crippen LogP contribution in [0.25, 0.3) is 10.9 Å². The van der Waals surface area contributed by atoms with Crippen molar-refractivity contribution in [3.05, 3.63) is 69.8 Å². The number of hydrogen-bond donors (Lipinski definition) is 1. The second-order valence-electron chi connectivity index (χ2n) is 7.92. The van der Waals surface area contributed by atoms with Crippen molar-refractivity contribution in [2.45, 2.75) is 25.4 Å². The topological polar surface area (TPSA) is 85.1 Å². The van der Waals surface area contributed by atoms with Crippen LogP contribution in [0.3, 0.4) is 0 Å². The molecule has 0 unspecified atom stereocenters. The van der Waals surface area contributed by atoms with E-state index >= 15 is 0 Å². The lowest BCUT2D eigenvalue weighted by atomic mass is 10.0. The van der Waals surface area contributed by atoms with Gasteiger partial charge in [-0.1, -0.05) is 18.2 Å². The maximum atomic E-state index is 13.2. The summed E-state index contributed by atoms with van der Waals surface area (Å²) in [5.74, 6) is -0.0662. The van der Waals surface area contributed by atoms with E-state index in [1.54, 1.807) is 25.5 Å². The number of carbonyl (C=O) groups excluding carboxylic acids is 1. The molecule has 3 heterocycles. The van der Waals surface area contributed by atoms with Gasteiger partial charge in [-0.25, -0.2) is 0 Å². The number of piperidine rings is 1. The van der Waals surface area contributed by atoms with Gasteiger partial charge in [0.2, 0.25) is 0 Å². The monoisotopic (exact) mass is 403 g/mol. The number of pyridine rings is 1. The van der Waals surface area contributed by atoms with E-state index in [9.17, 15) is 14.9 Å². The number of nitriles is 1. The minimum Gasteiger partial charge on any atom is -0.357 e. The Balaban J connectivity index is 1.45. The Morgan fingerprint density at radius 3 is 2.73 bits per heavy atom. The molecule has 1 fully saturated rings.